The molecule has 2 nitrogen and oxygen atoms in total. The summed E-state index contributed by atoms with van der Waals surface area (Å²) in [6, 6.07) is 0. The third kappa shape index (κ3) is 1.90. The maximum Gasteiger partial charge on any atom is 0.162 e. The second kappa shape index (κ2) is 3.62. The van der Waals surface area contributed by atoms with Gasteiger partial charge >= 0.3 is 0 Å². The molecule has 0 radical (unpaired) electrons. The van der Waals surface area contributed by atoms with E-state index < -0.39 is 30.7 Å². The lowest BCUT2D eigenvalue weighted by Crippen LogP contribution is -2.40. The Balaban J connectivity index is 2.53. The number of hydrogen-bond acceptors (Lipinski definition) is 2. The van der Waals surface area contributed by atoms with E-state index in [1.165, 1.54) is 0 Å². The molecule has 1 aliphatic carbocycles. The van der Waals surface area contributed by atoms with Gasteiger partial charge in [-0.05, 0) is 12.8 Å². The summed E-state index contributed by atoms with van der Waals surface area (Å²) in [5.41, 5.74) is 0. The maximum absolute atomic E-state index is 12.6. The van der Waals surface area contributed by atoms with Crippen LogP contribution >= 0.6 is 0 Å². The van der Waals surface area contributed by atoms with E-state index in [9.17, 15) is 13.2 Å². The molecule has 5 heteroatoms. The second-order valence-corrected chi connectivity index (χ2v) is 3.12. The van der Waals surface area contributed by atoms with Crippen molar-refractivity contribution in [3.05, 3.63) is 0 Å². The smallest absolute Gasteiger partial charge is 0.162 e. The average Bonchev–Trinajstić information content (AvgIpc) is 1.99. The summed E-state index contributed by atoms with van der Waals surface area (Å²) < 4.78 is 37.7. The van der Waals surface area contributed by atoms with Crippen LogP contribution in [-0.2, 0) is 0 Å². The zero-order chi connectivity index (χ0) is 9.30. The minimum Gasteiger partial charge on any atom is -0.368 e. The van der Waals surface area contributed by atoms with Gasteiger partial charge in [0.05, 0.1) is 0 Å². The molecule has 12 heavy (non-hydrogen) atoms. The summed E-state index contributed by atoms with van der Waals surface area (Å²) in [6.45, 7) is 0. The minimum atomic E-state index is -2.11. The molecule has 0 aromatic rings. The average molecular weight is 184 g/mol. The van der Waals surface area contributed by atoms with E-state index in [-0.39, 0.29) is 12.8 Å². The summed E-state index contributed by atoms with van der Waals surface area (Å²) in [4.78, 5) is 0. The van der Waals surface area contributed by atoms with E-state index in [0.29, 0.717) is 0 Å². The molecular formula is C7H11F3O2. The number of aliphatic hydroxyl groups excluding tert-OH is 1. The molecule has 0 saturated heterocycles. The summed E-state index contributed by atoms with van der Waals surface area (Å²) in [6.07, 6.45) is -8.34. The largest absolute Gasteiger partial charge is 0.368 e. The van der Waals surface area contributed by atoms with Crippen molar-refractivity contribution in [2.75, 3.05) is 0 Å². The lowest BCUT2D eigenvalue weighted by molar-refractivity contribution is -0.120. The Morgan fingerprint density at radius 1 is 1.00 bits per heavy atom. The predicted octanol–water partition coefficient (Wildman–Crippen LogP) is 0.721. The van der Waals surface area contributed by atoms with Crippen LogP contribution < -0.4 is 0 Å². The van der Waals surface area contributed by atoms with Crippen LogP contribution in [0, 0.1) is 5.92 Å². The van der Waals surface area contributed by atoms with Gasteiger partial charge in [-0.1, -0.05) is 0 Å². The van der Waals surface area contributed by atoms with E-state index in [2.05, 4.69) is 0 Å². The number of alkyl halides is 3. The van der Waals surface area contributed by atoms with Crippen molar-refractivity contribution in [2.24, 2.45) is 5.92 Å². The molecule has 0 aromatic carbocycles. The molecule has 1 saturated carbocycles. The Morgan fingerprint density at radius 3 is 1.75 bits per heavy atom. The lowest BCUT2D eigenvalue weighted by atomic mass is 9.85. The molecule has 0 amide bonds. The molecule has 0 spiro atoms. The molecule has 72 valence electrons. The first-order chi connectivity index (χ1) is 5.52. The topological polar surface area (TPSA) is 40.5 Å². The highest BCUT2D eigenvalue weighted by Crippen LogP contribution is 2.32. The Hall–Kier alpha value is -0.290. The SMILES string of the molecule is OC(O)C1CC(F)C(F)C(F)C1. The number of aliphatic hydroxyl groups is 2. The highest BCUT2D eigenvalue weighted by atomic mass is 19.2. The van der Waals surface area contributed by atoms with E-state index >= 15 is 0 Å². The van der Waals surface area contributed by atoms with Gasteiger partial charge in [-0.3, -0.25) is 0 Å². The van der Waals surface area contributed by atoms with Gasteiger partial charge in [-0.25, -0.2) is 13.2 Å². The monoisotopic (exact) mass is 184 g/mol. The molecule has 1 rings (SSSR count). The van der Waals surface area contributed by atoms with Crippen molar-refractivity contribution < 1.29 is 23.4 Å². The van der Waals surface area contributed by atoms with Crippen LogP contribution in [0.3, 0.4) is 0 Å². The first-order valence-electron chi connectivity index (χ1n) is 3.80. The van der Waals surface area contributed by atoms with Crippen molar-refractivity contribution in [2.45, 2.75) is 37.6 Å². The molecule has 0 aliphatic heterocycles. The fourth-order valence-corrected chi connectivity index (χ4v) is 1.40. The summed E-state index contributed by atoms with van der Waals surface area (Å²) in [5, 5.41) is 17.2. The van der Waals surface area contributed by atoms with Gasteiger partial charge in [0.2, 0.25) is 0 Å². The zero-order valence-corrected chi connectivity index (χ0v) is 6.33. The third-order valence-corrected chi connectivity index (χ3v) is 2.17. The molecule has 1 fully saturated rings. The molecule has 0 aromatic heterocycles. The minimum absolute atomic E-state index is 0.320. The first-order valence-corrected chi connectivity index (χ1v) is 3.80. The van der Waals surface area contributed by atoms with Crippen LogP contribution in [0.4, 0.5) is 13.2 Å². The zero-order valence-electron chi connectivity index (χ0n) is 6.33. The van der Waals surface area contributed by atoms with Crippen molar-refractivity contribution in [1.29, 1.82) is 0 Å². The first kappa shape index (κ1) is 9.80. The number of halogens is 3. The fourth-order valence-electron chi connectivity index (χ4n) is 1.40. The van der Waals surface area contributed by atoms with E-state index in [0.717, 1.165) is 0 Å². The van der Waals surface area contributed by atoms with Crippen LogP contribution in [0.15, 0.2) is 0 Å². The Labute approximate surface area is 68.0 Å². The van der Waals surface area contributed by atoms with Gasteiger partial charge in [0.15, 0.2) is 12.5 Å². The van der Waals surface area contributed by atoms with Crippen molar-refractivity contribution in [1.82, 2.24) is 0 Å². The van der Waals surface area contributed by atoms with Crippen LogP contribution in [0.25, 0.3) is 0 Å². The van der Waals surface area contributed by atoms with E-state index in [4.69, 9.17) is 10.2 Å². The van der Waals surface area contributed by atoms with E-state index in [1.807, 2.05) is 0 Å². The molecule has 1 aliphatic rings. The predicted molar refractivity (Wildman–Crippen MR) is 35.6 cm³/mol. The maximum atomic E-state index is 12.6. The van der Waals surface area contributed by atoms with Crippen molar-refractivity contribution >= 4 is 0 Å². The quantitative estimate of drug-likeness (QED) is 0.589. The Bertz CT molecular complexity index is 142. The molecular weight excluding hydrogens is 173 g/mol. The summed E-state index contributed by atoms with van der Waals surface area (Å²) in [7, 11) is 0. The van der Waals surface area contributed by atoms with Gasteiger partial charge in [-0.15, -0.1) is 0 Å². The normalized spacial score (nSPS) is 43.5. The standard InChI is InChI=1S/C7H11F3O2/c8-4-1-3(7(11)12)2-5(9)6(4)10/h3-7,11-12H,1-2H2. The molecule has 2 N–H and O–H groups in total. The molecule has 2 atom stereocenters. The van der Waals surface area contributed by atoms with Gasteiger partial charge < -0.3 is 10.2 Å². The highest BCUT2D eigenvalue weighted by Gasteiger charge is 2.40. The van der Waals surface area contributed by atoms with Gasteiger partial charge in [0.1, 0.15) is 12.3 Å². The van der Waals surface area contributed by atoms with E-state index in [1.54, 1.807) is 0 Å². The molecule has 0 heterocycles. The van der Waals surface area contributed by atoms with Crippen LogP contribution in [0.5, 0.6) is 0 Å². The highest BCUT2D eigenvalue weighted by molar-refractivity contribution is 4.87. The van der Waals surface area contributed by atoms with Gasteiger partial charge in [0, 0.05) is 5.92 Å². The van der Waals surface area contributed by atoms with Crippen molar-refractivity contribution in [3.63, 3.8) is 0 Å². The lowest BCUT2D eigenvalue weighted by Gasteiger charge is -2.30. The number of rotatable bonds is 1. The summed E-state index contributed by atoms with van der Waals surface area (Å²) >= 11 is 0. The van der Waals surface area contributed by atoms with Crippen LogP contribution in [0.2, 0.25) is 0 Å². The van der Waals surface area contributed by atoms with Gasteiger partial charge in [0.25, 0.3) is 0 Å². The second-order valence-electron chi connectivity index (χ2n) is 3.12. The van der Waals surface area contributed by atoms with Gasteiger partial charge in [-0.2, -0.15) is 0 Å². The third-order valence-electron chi connectivity index (χ3n) is 2.17. The van der Waals surface area contributed by atoms with Crippen LogP contribution in [-0.4, -0.2) is 35.0 Å². The van der Waals surface area contributed by atoms with Crippen molar-refractivity contribution in [3.8, 4) is 0 Å². The fraction of sp³-hybridized carbons (Fsp3) is 1.00. The Morgan fingerprint density at radius 2 is 1.42 bits per heavy atom. The number of hydrogen-bond donors (Lipinski definition) is 2. The molecule has 2 unspecified atom stereocenters. The Kier molecular flexibility index (Phi) is 2.95. The molecule has 0 bridgehead atoms. The summed E-state index contributed by atoms with van der Waals surface area (Å²) in [5.74, 6) is -0.887. The van der Waals surface area contributed by atoms with Crippen LogP contribution in [0.1, 0.15) is 12.8 Å².